The maximum atomic E-state index is 6.82. The summed E-state index contributed by atoms with van der Waals surface area (Å²) >= 11 is 32.8. The lowest BCUT2D eigenvalue weighted by atomic mass is 9.85. The molecule has 0 N–H and O–H groups in total. The highest BCUT2D eigenvalue weighted by Crippen LogP contribution is 2.74. The minimum absolute atomic E-state index is 0.171. The van der Waals surface area contributed by atoms with Gasteiger partial charge in [-0.05, 0) is 12.0 Å². The lowest BCUT2D eigenvalue weighted by Gasteiger charge is -2.37. The largest absolute Gasteiger partial charge is 0.358 e. The Hall–Kier alpha value is 0.370. The Morgan fingerprint density at radius 2 is 1.65 bits per heavy atom. The SMILES string of the molecule is CO[C@@]1(Cl)[C@@]2(Cl)C[C@H](c3ccccc3)[C@]1(Cl)C(Cl)=C2Cl. The van der Waals surface area contributed by atoms with Gasteiger partial charge in [0.05, 0.1) is 10.1 Å². The maximum absolute atomic E-state index is 6.82. The smallest absolute Gasteiger partial charge is 0.189 e. The molecule has 2 bridgehead atoms. The Bertz CT molecular complexity index is 588. The van der Waals surface area contributed by atoms with Crippen molar-refractivity contribution < 1.29 is 4.74 Å². The quantitative estimate of drug-likeness (QED) is 0.631. The molecule has 20 heavy (non-hydrogen) atoms. The Labute approximate surface area is 142 Å². The second kappa shape index (κ2) is 4.68. The van der Waals surface area contributed by atoms with Gasteiger partial charge in [0.1, 0.15) is 9.75 Å². The molecule has 1 aromatic carbocycles. The van der Waals surface area contributed by atoms with Gasteiger partial charge in [-0.15, -0.1) is 23.2 Å². The summed E-state index contributed by atoms with van der Waals surface area (Å²) in [6.45, 7) is 0. The summed E-state index contributed by atoms with van der Waals surface area (Å²) < 4.78 is 5.48. The van der Waals surface area contributed by atoms with Crippen LogP contribution in [0.25, 0.3) is 0 Å². The van der Waals surface area contributed by atoms with Crippen molar-refractivity contribution in [1.29, 1.82) is 0 Å². The summed E-state index contributed by atoms with van der Waals surface area (Å²) in [5.41, 5.74) is 1.01. The molecule has 1 fully saturated rings. The first-order chi connectivity index (χ1) is 9.33. The number of rotatable bonds is 2. The van der Waals surface area contributed by atoms with E-state index in [-0.39, 0.29) is 16.0 Å². The molecule has 108 valence electrons. The third-order valence-corrected chi connectivity index (χ3v) is 7.87. The van der Waals surface area contributed by atoms with Crippen LogP contribution in [0.15, 0.2) is 40.4 Å². The van der Waals surface area contributed by atoms with Crippen LogP contribution in [0.5, 0.6) is 0 Å². The molecule has 0 spiro atoms. The average Bonchev–Trinajstić information content (AvgIpc) is 2.72. The predicted molar refractivity (Wildman–Crippen MR) is 85.3 cm³/mol. The van der Waals surface area contributed by atoms with E-state index in [0.29, 0.717) is 6.42 Å². The van der Waals surface area contributed by atoms with Crippen LogP contribution in [-0.2, 0) is 4.74 Å². The summed E-state index contributed by atoms with van der Waals surface area (Å²) in [4.78, 5) is -2.30. The minimum atomic E-state index is -1.38. The van der Waals surface area contributed by atoms with Crippen LogP contribution >= 0.6 is 58.0 Å². The molecular formula is C14H11Cl5O. The van der Waals surface area contributed by atoms with Gasteiger partial charge in [0.15, 0.2) is 5.06 Å². The number of benzene rings is 1. The van der Waals surface area contributed by atoms with E-state index >= 15 is 0 Å². The molecule has 1 nitrogen and oxygen atoms in total. The first-order valence-electron chi connectivity index (χ1n) is 6.06. The molecule has 3 rings (SSSR count). The van der Waals surface area contributed by atoms with Crippen molar-refractivity contribution >= 4 is 58.0 Å². The fourth-order valence-corrected chi connectivity index (χ4v) is 5.70. The zero-order chi connectivity index (χ0) is 14.8. The standard InChI is InChI=1S/C14H11Cl5O/c1-20-14(19)12(17)7-9(8-5-3-2-4-6-8)13(14,18)11(16)10(12)15/h2-6,9H,7H2,1H3/t9-,12-,13+,14+/m1/s1. The fraction of sp³-hybridized carbons (Fsp3) is 0.429. The molecule has 2 aliphatic carbocycles. The van der Waals surface area contributed by atoms with Crippen LogP contribution in [0.3, 0.4) is 0 Å². The predicted octanol–water partition coefficient (Wildman–Crippen LogP) is 5.41. The Morgan fingerprint density at radius 3 is 2.15 bits per heavy atom. The zero-order valence-electron chi connectivity index (χ0n) is 10.5. The van der Waals surface area contributed by atoms with E-state index in [0.717, 1.165) is 5.56 Å². The molecule has 0 radical (unpaired) electrons. The molecule has 0 saturated heterocycles. The normalized spacial score (nSPS) is 43.4. The van der Waals surface area contributed by atoms with Crippen LogP contribution in [0.4, 0.5) is 0 Å². The van der Waals surface area contributed by atoms with Crippen molar-refractivity contribution in [2.75, 3.05) is 7.11 Å². The van der Waals surface area contributed by atoms with E-state index in [1.54, 1.807) is 0 Å². The van der Waals surface area contributed by atoms with Gasteiger partial charge in [0.25, 0.3) is 0 Å². The van der Waals surface area contributed by atoms with Crippen LogP contribution in [0.2, 0.25) is 0 Å². The summed E-state index contributed by atoms with van der Waals surface area (Å²) in [7, 11) is 1.47. The van der Waals surface area contributed by atoms with Gasteiger partial charge in [-0.2, -0.15) is 0 Å². The molecule has 1 saturated carbocycles. The highest BCUT2D eigenvalue weighted by Gasteiger charge is 2.79. The first-order valence-corrected chi connectivity index (χ1v) is 7.95. The summed E-state index contributed by atoms with van der Waals surface area (Å²) in [5.74, 6) is -0.171. The lowest BCUT2D eigenvalue weighted by molar-refractivity contribution is 0.0468. The number of hydrogen-bond acceptors (Lipinski definition) is 1. The van der Waals surface area contributed by atoms with Crippen molar-refractivity contribution in [2.45, 2.75) is 27.1 Å². The van der Waals surface area contributed by atoms with Crippen molar-refractivity contribution in [3.63, 3.8) is 0 Å². The summed E-state index contributed by atoms with van der Waals surface area (Å²) in [5, 5.41) is -0.828. The number of halogens is 5. The molecule has 0 aliphatic heterocycles. The van der Waals surface area contributed by atoms with Crippen LogP contribution in [-0.4, -0.2) is 21.9 Å². The molecule has 6 heteroatoms. The van der Waals surface area contributed by atoms with Crippen LogP contribution in [0.1, 0.15) is 17.9 Å². The van der Waals surface area contributed by atoms with Gasteiger partial charge in [-0.3, -0.25) is 0 Å². The Balaban J connectivity index is 2.21. The van der Waals surface area contributed by atoms with Gasteiger partial charge in [-0.1, -0.05) is 65.1 Å². The molecule has 0 heterocycles. The van der Waals surface area contributed by atoms with Gasteiger partial charge in [0, 0.05) is 13.0 Å². The Kier molecular flexibility index (Phi) is 3.57. The molecule has 0 unspecified atom stereocenters. The second-order valence-corrected chi connectivity index (χ2v) is 7.64. The van der Waals surface area contributed by atoms with E-state index in [1.165, 1.54) is 7.11 Å². The molecule has 0 amide bonds. The summed E-state index contributed by atoms with van der Waals surface area (Å²) in [6, 6.07) is 9.75. The van der Waals surface area contributed by atoms with E-state index in [9.17, 15) is 0 Å². The summed E-state index contributed by atoms with van der Waals surface area (Å²) in [6.07, 6.45) is 0.467. The Morgan fingerprint density at radius 1 is 1.05 bits per heavy atom. The number of methoxy groups -OCH3 is 1. The van der Waals surface area contributed by atoms with E-state index in [4.69, 9.17) is 62.7 Å². The van der Waals surface area contributed by atoms with Crippen LogP contribution < -0.4 is 0 Å². The van der Waals surface area contributed by atoms with Crippen molar-refractivity contribution in [2.24, 2.45) is 0 Å². The van der Waals surface area contributed by atoms with Gasteiger partial charge in [-0.25, -0.2) is 0 Å². The van der Waals surface area contributed by atoms with Crippen molar-refractivity contribution in [1.82, 2.24) is 0 Å². The number of fused-ring (bicyclic) bond motifs is 2. The average molecular weight is 373 g/mol. The first kappa shape index (κ1) is 15.3. The highest BCUT2D eigenvalue weighted by atomic mass is 35.5. The monoisotopic (exact) mass is 370 g/mol. The molecule has 2 aliphatic rings. The molecule has 0 aromatic heterocycles. The van der Waals surface area contributed by atoms with Gasteiger partial charge >= 0.3 is 0 Å². The highest BCUT2D eigenvalue weighted by molar-refractivity contribution is 6.56. The second-order valence-electron chi connectivity index (χ2n) is 5.11. The zero-order valence-corrected chi connectivity index (χ0v) is 14.2. The van der Waals surface area contributed by atoms with E-state index < -0.39 is 14.8 Å². The topological polar surface area (TPSA) is 9.23 Å². The lowest BCUT2D eigenvalue weighted by Crippen LogP contribution is -2.50. The van der Waals surface area contributed by atoms with Crippen molar-refractivity contribution in [3.8, 4) is 0 Å². The third-order valence-electron chi connectivity index (χ3n) is 4.29. The van der Waals surface area contributed by atoms with Crippen molar-refractivity contribution in [3.05, 3.63) is 46.0 Å². The van der Waals surface area contributed by atoms with Crippen LogP contribution in [0, 0.1) is 0 Å². The van der Waals surface area contributed by atoms with E-state index in [2.05, 4.69) is 0 Å². The molecule has 1 aromatic rings. The number of alkyl halides is 3. The molecule has 4 atom stereocenters. The minimum Gasteiger partial charge on any atom is -0.358 e. The molecular weight excluding hydrogens is 361 g/mol. The fourth-order valence-electron chi connectivity index (χ4n) is 3.27. The van der Waals surface area contributed by atoms with E-state index in [1.807, 2.05) is 30.3 Å². The maximum Gasteiger partial charge on any atom is 0.189 e. The van der Waals surface area contributed by atoms with Gasteiger partial charge < -0.3 is 4.74 Å². The third kappa shape index (κ3) is 1.52. The number of ether oxygens (including phenoxy) is 1. The number of hydrogen-bond donors (Lipinski definition) is 0. The van der Waals surface area contributed by atoms with Gasteiger partial charge in [0.2, 0.25) is 0 Å².